The Morgan fingerprint density at radius 1 is 1.10 bits per heavy atom. The van der Waals surface area contributed by atoms with Crippen LogP contribution < -0.4 is 10.1 Å². The molecule has 1 aliphatic rings. The monoisotopic (exact) mass is 506 g/mol. The SMILES string of the molecule is O=C1C=C(Nc2cccc(Br)c2Oc2c(F)cc(C(F)(F)F)cc2F)C(=O)N1CCO. The molecule has 3 rings (SSSR count). The number of benzene rings is 2. The van der Waals surface area contributed by atoms with Crippen molar-refractivity contribution in [2.75, 3.05) is 18.5 Å². The number of halogens is 6. The number of para-hydroxylation sites is 1. The molecule has 0 saturated heterocycles. The van der Waals surface area contributed by atoms with Crippen LogP contribution in [0.5, 0.6) is 11.5 Å². The smallest absolute Gasteiger partial charge is 0.416 e. The number of amides is 2. The first-order valence-corrected chi connectivity index (χ1v) is 9.30. The molecule has 2 N–H and O–H groups in total. The third-order valence-electron chi connectivity index (χ3n) is 4.10. The van der Waals surface area contributed by atoms with E-state index in [9.17, 15) is 31.5 Å². The second-order valence-corrected chi connectivity index (χ2v) is 7.04. The lowest BCUT2D eigenvalue weighted by atomic mass is 10.2. The van der Waals surface area contributed by atoms with E-state index in [4.69, 9.17) is 9.84 Å². The molecule has 0 radical (unpaired) electrons. The van der Waals surface area contributed by atoms with Crippen molar-refractivity contribution in [1.82, 2.24) is 4.90 Å². The molecule has 2 aromatic rings. The number of β-amino-alcohol motifs (C(OH)–C–C–N with tert-alkyl or cyclic N) is 1. The molecule has 2 aromatic carbocycles. The number of anilines is 1. The lowest BCUT2D eigenvalue weighted by Gasteiger charge is -2.17. The average Bonchev–Trinajstić information content (AvgIpc) is 2.93. The van der Waals surface area contributed by atoms with Gasteiger partial charge in [-0.2, -0.15) is 13.2 Å². The van der Waals surface area contributed by atoms with E-state index < -0.39 is 47.5 Å². The lowest BCUT2D eigenvalue weighted by molar-refractivity contribution is -0.138. The first kappa shape index (κ1) is 22.7. The number of rotatable bonds is 6. The zero-order chi connectivity index (χ0) is 22.9. The summed E-state index contributed by atoms with van der Waals surface area (Å²) < 4.78 is 72.0. The van der Waals surface area contributed by atoms with E-state index in [2.05, 4.69) is 21.2 Å². The van der Waals surface area contributed by atoms with Crippen molar-refractivity contribution in [3.05, 3.63) is 63.8 Å². The van der Waals surface area contributed by atoms with Crippen molar-refractivity contribution >= 4 is 33.4 Å². The highest BCUT2D eigenvalue weighted by Crippen LogP contribution is 2.41. The van der Waals surface area contributed by atoms with Crippen molar-refractivity contribution in [3.8, 4) is 11.5 Å². The van der Waals surface area contributed by atoms with Gasteiger partial charge >= 0.3 is 6.18 Å². The van der Waals surface area contributed by atoms with Crippen LogP contribution in [-0.4, -0.2) is 35.0 Å². The predicted octanol–water partition coefficient (Wildman–Crippen LogP) is 4.20. The van der Waals surface area contributed by atoms with Crippen LogP contribution in [0, 0.1) is 11.6 Å². The van der Waals surface area contributed by atoms with Crippen molar-refractivity contribution in [3.63, 3.8) is 0 Å². The Kier molecular flexibility index (Phi) is 6.32. The normalized spacial score (nSPS) is 14.2. The van der Waals surface area contributed by atoms with Gasteiger partial charge < -0.3 is 15.2 Å². The number of carbonyl (C=O) groups is 2. The van der Waals surface area contributed by atoms with Crippen LogP contribution in [0.4, 0.5) is 27.6 Å². The molecule has 0 spiro atoms. The van der Waals surface area contributed by atoms with E-state index >= 15 is 0 Å². The van der Waals surface area contributed by atoms with Gasteiger partial charge in [0.2, 0.25) is 0 Å². The summed E-state index contributed by atoms with van der Waals surface area (Å²) in [6, 6.07) is 4.45. The van der Waals surface area contributed by atoms with Gasteiger partial charge in [-0.1, -0.05) is 6.07 Å². The highest BCUT2D eigenvalue weighted by Gasteiger charge is 2.34. The van der Waals surface area contributed by atoms with Gasteiger partial charge in [-0.25, -0.2) is 8.78 Å². The Balaban J connectivity index is 1.94. The summed E-state index contributed by atoms with van der Waals surface area (Å²) in [4.78, 5) is 24.9. The number of hydrogen-bond donors (Lipinski definition) is 2. The van der Waals surface area contributed by atoms with Crippen molar-refractivity contribution in [2.45, 2.75) is 6.18 Å². The minimum atomic E-state index is -4.96. The second kappa shape index (κ2) is 8.63. The Bertz CT molecular complexity index is 1060. The van der Waals surface area contributed by atoms with Gasteiger partial charge in [0.25, 0.3) is 11.8 Å². The zero-order valence-electron chi connectivity index (χ0n) is 15.3. The fraction of sp³-hybridized carbons (Fsp3) is 0.158. The van der Waals surface area contributed by atoms with E-state index in [0.717, 1.165) is 11.0 Å². The highest BCUT2D eigenvalue weighted by molar-refractivity contribution is 9.10. The number of nitrogens with one attached hydrogen (secondary N) is 1. The predicted molar refractivity (Wildman–Crippen MR) is 101 cm³/mol. The standard InChI is InChI=1S/C19H12BrF5N2O4/c20-10-2-1-3-13(26-14-8-15(29)27(4-5-28)18(14)30)16(10)31-17-11(21)6-9(7-12(17)22)19(23,24)25/h1-3,6-8,26,28H,4-5H2. The first-order chi connectivity index (χ1) is 14.5. The summed E-state index contributed by atoms with van der Waals surface area (Å²) in [7, 11) is 0. The fourth-order valence-corrected chi connectivity index (χ4v) is 3.14. The van der Waals surface area contributed by atoms with Gasteiger partial charge in [0.05, 0.1) is 28.9 Å². The lowest BCUT2D eigenvalue weighted by Crippen LogP contribution is -2.34. The molecule has 6 nitrogen and oxygen atoms in total. The van der Waals surface area contributed by atoms with E-state index in [-0.39, 0.29) is 40.3 Å². The molecular formula is C19H12BrF5N2O4. The Labute approximate surface area is 180 Å². The molecular weight excluding hydrogens is 495 g/mol. The average molecular weight is 507 g/mol. The van der Waals surface area contributed by atoms with E-state index in [0.29, 0.717) is 0 Å². The molecule has 0 fully saturated rings. The molecule has 0 atom stereocenters. The number of ether oxygens (including phenoxy) is 1. The third-order valence-corrected chi connectivity index (χ3v) is 4.72. The quantitative estimate of drug-likeness (QED) is 0.453. The van der Waals surface area contributed by atoms with E-state index in [1.165, 1.54) is 18.2 Å². The van der Waals surface area contributed by atoms with E-state index in [1.807, 2.05) is 0 Å². The molecule has 31 heavy (non-hydrogen) atoms. The number of imide groups is 1. The molecule has 164 valence electrons. The fourth-order valence-electron chi connectivity index (χ4n) is 2.69. The molecule has 1 heterocycles. The summed E-state index contributed by atoms with van der Waals surface area (Å²) in [5, 5.41) is 11.5. The van der Waals surface area contributed by atoms with Gasteiger partial charge in [-0.05, 0) is 40.2 Å². The number of aliphatic hydroxyl groups excluding tert-OH is 1. The summed E-state index contributed by atoms with van der Waals surface area (Å²) in [6.45, 7) is -0.681. The first-order valence-electron chi connectivity index (χ1n) is 8.51. The molecule has 0 aromatic heterocycles. The van der Waals surface area contributed by atoms with E-state index in [1.54, 1.807) is 0 Å². The van der Waals surface area contributed by atoms with Crippen LogP contribution in [0.25, 0.3) is 0 Å². The second-order valence-electron chi connectivity index (χ2n) is 6.19. The van der Waals surface area contributed by atoms with Gasteiger partial charge in [-0.15, -0.1) is 0 Å². The summed E-state index contributed by atoms with van der Waals surface area (Å²) >= 11 is 3.11. The Morgan fingerprint density at radius 3 is 2.32 bits per heavy atom. The molecule has 0 saturated carbocycles. The van der Waals surface area contributed by atoms with Gasteiger partial charge in [0.15, 0.2) is 23.1 Å². The van der Waals surface area contributed by atoms with Crippen LogP contribution in [0.1, 0.15) is 5.56 Å². The summed E-state index contributed by atoms with van der Waals surface area (Å²) in [5.41, 5.74) is -1.73. The topological polar surface area (TPSA) is 78.9 Å². The van der Waals surface area contributed by atoms with Crippen LogP contribution >= 0.6 is 15.9 Å². The molecule has 1 aliphatic heterocycles. The molecule has 12 heteroatoms. The molecule has 0 bridgehead atoms. The van der Waals surface area contributed by atoms with Gasteiger partial charge in [0.1, 0.15) is 5.70 Å². The van der Waals surface area contributed by atoms with Crippen LogP contribution in [0.2, 0.25) is 0 Å². The van der Waals surface area contributed by atoms with Crippen LogP contribution in [0.3, 0.4) is 0 Å². The van der Waals surface area contributed by atoms with Crippen molar-refractivity contribution in [2.24, 2.45) is 0 Å². The third kappa shape index (κ3) is 4.69. The van der Waals surface area contributed by atoms with Gasteiger partial charge in [0, 0.05) is 6.08 Å². The maximum absolute atomic E-state index is 14.2. The largest absolute Gasteiger partial charge is 0.448 e. The highest BCUT2D eigenvalue weighted by atomic mass is 79.9. The number of aliphatic hydroxyl groups is 1. The minimum Gasteiger partial charge on any atom is -0.448 e. The maximum atomic E-state index is 14.2. The Morgan fingerprint density at radius 2 is 1.74 bits per heavy atom. The summed E-state index contributed by atoms with van der Waals surface area (Å²) in [5.74, 6) is -5.95. The molecule has 0 aliphatic carbocycles. The number of hydrogen-bond acceptors (Lipinski definition) is 5. The van der Waals surface area contributed by atoms with Crippen LogP contribution in [0.15, 0.2) is 46.6 Å². The van der Waals surface area contributed by atoms with Crippen LogP contribution in [-0.2, 0) is 15.8 Å². The number of alkyl halides is 3. The summed E-state index contributed by atoms with van der Waals surface area (Å²) in [6.07, 6.45) is -4.00. The zero-order valence-corrected chi connectivity index (χ0v) is 16.9. The number of nitrogens with zero attached hydrogens (tertiary/aromatic N) is 1. The number of carbonyl (C=O) groups excluding carboxylic acids is 2. The maximum Gasteiger partial charge on any atom is 0.416 e. The molecule has 0 unspecified atom stereocenters. The van der Waals surface area contributed by atoms with Gasteiger partial charge in [-0.3, -0.25) is 14.5 Å². The van der Waals surface area contributed by atoms with Crippen molar-refractivity contribution < 1.29 is 41.4 Å². The minimum absolute atomic E-state index is 0.00804. The van der Waals surface area contributed by atoms with Crippen molar-refractivity contribution in [1.29, 1.82) is 0 Å². The molecule has 2 amide bonds. The Hall–Kier alpha value is -2.99.